The monoisotopic (exact) mass is 660 g/mol. The number of nitrogens with one attached hydrogen (secondary N) is 2. The van der Waals surface area contributed by atoms with Crippen LogP contribution in [0.15, 0.2) is 132 Å². The maximum absolute atomic E-state index is 12.6. The van der Waals surface area contributed by atoms with Crippen molar-refractivity contribution < 1.29 is 9.59 Å². The molecule has 0 saturated heterocycles. The second-order valence-electron chi connectivity index (χ2n) is 12.9. The Labute approximate surface area is 293 Å². The topological polar surface area (TPSA) is 89.4 Å². The molecule has 5 aromatic rings. The summed E-state index contributed by atoms with van der Waals surface area (Å²) in [5.74, 6) is -0.524. The number of hydrogen-bond acceptors (Lipinski definition) is 6. The van der Waals surface area contributed by atoms with Crippen LogP contribution in [0.2, 0.25) is 0 Å². The summed E-state index contributed by atoms with van der Waals surface area (Å²) in [6.45, 7) is 5.66. The van der Waals surface area contributed by atoms with E-state index >= 15 is 0 Å². The van der Waals surface area contributed by atoms with Gasteiger partial charge in [-0.1, -0.05) is 97.1 Å². The van der Waals surface area contributed by atoms with Crippen molar-refractivity contribution >= 4 is 24.2 Å². The van der Waals surface area contributed by atoms with Crippen molar-refractivity contribution in [2.75, 3.05) is 13.1 Å². The Kier molecular flexibility index (Phi) is 10.3. The van der Waals surface area contributed by atoms with Crippen molar-refractivity contribution in [3.05, 3.63) is 177 Å². The number of rotatable bonds is 10. The van der Waals surface area contributed by atoms with Crippen LogP contribution in [0.25, 0.3) is 0 Å². The molecule has 2 N–H and O–H groups in total. The van der Waals surface area contributed by atoms with Crippen molar-refractivity contribution in [1.29, 1.82) is 0 Å². The first kappa shape index (κ1) is 32.8. The predicted octanol–water partition coefficient (Wildman–Crippen LogP) is 6.33. The van der Waals surface area contributed by atoms with Gasteiger partial charge in [-0.25, -0.2) is 10.9 Å². The normalized spacial score (nSPS) is 14.7. The van der Waals surface area contributed by atoms with E-state index in [1.165, 1.54) is 33.4 Å². The zero-order valence-electron chi connectivity index (χ0n) is 28.0. The van der Waals surface area contributed by atoms with E-state index in [1.807, 2.05) is 72.8 Å². The third-order valence-electron chi connectivity index (χ3n) is 9.36. The van der Waals surface area contributed by atoms with E-state index in [4.69, 9.17) is 0 Å². The SMILES string of the molecule is O=C(N/N=C\c1ccc(/C=N\NC(=O)c2ccc(CN3CCc4ccccc4C3)cc2)cc1)c1ccc(CN2CCc3ccccc3C2)cc1. The smallest absolute Gasteiger partial charge is 0.271 e. The summed E-state index contributed by atoms with van der Waals surface area (Å²) in [5.41, 5.74) is 16.0. The van der Waals surface area contributed by atoms with Crippen LogP contribution in [-0.4, -0.2) is 47.1 Å². The molecule has 0 unspecified atom stereocenters. The molecular formula is C42H40N6O2. The first-order valence-electron chi connectivity index (χ1n) is 17.1. The molecule has 0 fully saturated rings. The van der Waals surface area contributed by atoms with E-state index in [9.17, 15) is 9.59 Å². The Morgan fingerprint density at radius 1 is 0.520 bits per heavy atom. The zero-order valence-corrected chi connectivity index (χ0v) is 28.0. The van der Waals surface area contributed by atoms with E-state index in [1.54, 1.807) is 12.4 Å². The average Bonchev–Trinajstić information content (AvgIpc) is 3.16. The Hall–Kier alpha value is -5.70. The van der Waals surface area contributed by atoms with Crippen LogP contribution in [0.3, 0.4) is 0 Å². The van der Waals surface area contributed by atoms with Crippen LogP contribution in [0.4, 0.5) is 0 Å². The molecule has 0 aromatic heterocycles. The Morgan fingerprint density at radius 3 is 1.30 bits per heavy atom. The second-order valence-corrected chi connectivity index (χ2v) is 12.9. The van der Waals surface area contributed by atoms with Gasteiger partial charge in [-0.2, -0.15) is 10.2 Å². The summed E-state index contributed by atoms with van der Waals surface area (Å²) >= 11 is 0. The summed E-state index contributed by atoms with van der Waals surface area (Å²) in [4.78, 5) is 30.2. The number of benzene rings is 5. The molecule has 0 atom stereocenters. The highest BCUT2D eigenvalue weighted by molar-refractivity contribution is 5.95. The Morgan fingerprint density at radius 2 is 0.900 bits per heavy atom. The van der Waals surface area contributed by atoms with Crippen molar-refractivity contribution in [2.45, 2.75) is 39.0 Å². The summed E-state index contributed by atoms with van der Waals surface area (Å²) in [6, 6.07) is 40.1. The highest BCUT2D eigenvalue weighted by Gasteiger charge is 2.17. The summed E-state index contributed by atoms with van der Waals surface area (Å²) in [7, 11) is 0. The number of carbonyl (C=O) groups is 2. The van der Waals surface area contributed by atoms with Gasteiger partial charge in [0, 0.05) is 50.4 Å². The van der Waals surface area contributed by atoms with Gasteiger partial charge >= 0.3 is 0 Å². The number of hydrogen-bond donors (Lipinski definition) is 2. The Bertz CT molecular complexity index is 1860. The molecule has 0 aliphatic carbocycles. The molecular weight excluding hydrogens is 621 g/mol. The van der Waals surface area contributed by atoms with Gasteiger partial charge in [0.05, 0.1) is 12.4 Å². The number of fused-ring (bicyclic) bond motifs is 2. The molecule has 2 aliphatic heterocycles. The molecule has 0 bridgehead atoms. The summed E-state index contributed by atoms with van der Waals surface area (Å²) in [6.07, 6.45) is 5.32. The van der Waals surface area contributed by atoms with Gasteiger partial charge < -0.3 is 0 Å². The van der Waals surface area contributed by atoms with E-state index in [0.29, 0.717) is 11.1 Å². The van der Waals surface area contributed by atoms with Crippen molar-refractivity contribution in [3.8, 4) is 0 Å². The van der Waals surface area contributed by atoms with Gasteiger partial charge in [-0.05, 0) is 81.6 Å². The van der Waals surface area contributed by atoms with E-state index < -0.39 is 0 Å². The zero-order chi connectivity index (χ0) is 34.1. The lowest BCUT2D eigenvalue weighted by atomic mass is 9.99. The molecule has 2 heterocycles. The fourth-order valence-corrected chi connectivity index (χ4v) is 6.55. The van der Waals surface area contributed by atoms with E-state index in [-0.39, 0.29) is 11.8 Å². The van der Waals surface area contributed by atoms with E-state index in [0.717, 1.165) is 63.2 Å². The lowest BCUT2D eigenvalue weighted by Crippen LogP contribution is -2.30. The molecule has 0 saturated carbocycles. The van der Waals surface area contributed by atoms with Crippen LogP contribution in [-0.2, 0) is 39.0 Å². The standard InChI is InChI=1S/C42H40N6O2/c49-41(37-17-13-33(14-18-37)27-47-23-21-35-5-1-3-7-39(35)29-47)45-43-25-31-9-11-32(12-10-31)26-44-46-42(50)38-19-15-34(16-20-38)28-48-24-22-36-6-2-4-8-40(36)30-48/h1-20,25-26H,21-24,27-30H2,(H,45,49)(H,46,50)/b43-25-,44-26-. The van der Waals surface area contributed by atoms with Crippen LogP contribution in [0, 0.1) is 0 Å². The molecule has 8 heteroatoms. The van der Waals surface area contributed by atoms with Gasteiger partial charge in [0.25, 0.3) is 11.8 Å². The first-order chi connectivity index (χ1) is 24.6. The number of carbonyl (C=O) groups excluding carboxylic acids is 2. The highest BCUT2D eigenvalue weighted by atomic mass is 16.2. The summed E-state index contributed by atoms with van der Waals surface area (Å²) in [5, 5.41) is 8.25. The predicted molar refractivity (Wildman–Crippen MR) is 198 cm³/mol. The van der Waals surface area contributed by atoms with Crippen LogP contribution < -0.4 is 10.9 Å². The number of hydrazone groups is 2. The lowest BCUT2D eigenvalue weighted by molar-refractivity contribution is 0.0947. The van der Waals surface area contributed by atoms with Crippen molar-refractivity contribution in [3.63, 3.8) is 0 Å². The van der Waals surface area contributed by atoms with Crippen LogP contribution in [0.5, 0.6) is 0 Å². The lowest BCUT2D eigenvalue weighted by Gasteiger charge is -2.28. The fourth-order valence-electron chi connectivity index (χ4n) is 6.55. The third-order valence-corrected chi connectivity index (χ3v) is 9.36. The average molecular weight is 661 g/mol. The molecule has 0 spiro atoms. The second kappa shape index (κ2) is 15.7. The molecule has 2 aliphatic rings. The minimum absolute atomic E-state index is 0.262. The minimum atomic E-state index is -0.262. The van der Waals surface area contributed by atoms with Crippen LogP contribution >= 0.6 is 0 Å². The van der Waals surface area contributed by atoms with E-state index in [2.05, 4.69) is 79.4 Å². The minimum Gasteiger partial charge on any atom is -0.294 e. The molecule has 8 nitrogen and oxygen atoms in total. The molecule has 50 heavy (non-hydrogen) atoms. The van der Waals surface area contributed by atoms with Gasteiger partial charge in [-0.3, -0.25) is 19.4 Å². The van der Waals surface area contributed by atoms with Gasteiger partial charge in [0.1, 0.15) is 0 Å². The van der Waals surface area contributed by atoms with Crippen molar-refractivity contribution in [2.24, 2.45) is 10.2 Å². The molecule has 5 aromatic carbocycles. The van der Waals surface area contributed by atoms with Crippen LogP contribution in [0.1, 0.15) is 65.2 Å². The largest absolute Gasteiger partial charge is 0.294 e. The first-order valence-corrected chi connectivity index (χ1v) is 17.1. The highest BCUT2D eigenvalue weighted by Crippen LogP contribution is 2.22. The van der Waals surface area contributed by atoms with Gasteiger partial charge in [0.15, 0.2) is 0 Å². The quantitative estimate of drug-likeness (QED) is 0.135. The molecule has 7 rings (SSSR count). The molecule has 0 radical (unpaired) electrons. The third kappa shape index (κ3) is 8.47. The number of amides is 2. The molecule has 2 amide bonds. The maximum atomic E-state index is 12.6. The van der Waals surface area contributed by atoms with Crippen molar-refractivity contribution in [1.82, 2.24) is 20.7 Å². The maximum Gasteiger partial charge on any atom is 0.271 e. The van der Waals surface area contributed by atoms with Gasteiger partial charge in [0.2, 0.25) is 0 Å². The van der Waals surface area contributed by atoms with Gasteiger partial charge in [-0.15, -0.1) is 0 Å². The fraction of sp³-hybridized carbons (Fsp3) is 0.190. The Balaban J connectivity index is 0.832. The molecule has 250 valence electrons. The number of nitrogens with zero attached hydrogens (tertiary/aromatic N) is 4. The summed E-state index contributed by atoms with van der Waals surface area (Å²) < 4.78 is 0.